The fraction of sp³-hybridized carbons (Fsp3) is 0.133. The highest BCUT2D eigenvalue weighted by Gasteiger charge is 2.13. The lowest BCUT2D eigenvalue weighted by Crippen LogP contribution is -2.34. The van der Waals surface area contributed by atoms with Crippen LogP contribution in [-0.4, -0.2) is 35.1 Å². The Morgan fingerprint density at radius 1 is 1.05 bits per heavy atom. The second kappa shape index (κ2) is 6.13. The van der Waals surface area contributed by atoms with E-state index >= 15 is 0 Å². The summed E-state index contributed by atoms with van der Waals surface area (Å²) in [7, 11) is 0. The van der Waals surface area contributed by atoms with Gasteiger partial charge in [-0.1, -0.05) is 18.2 Å². The van der Waals surface area contributed by atoms with Gasteiger partial charge in [-0.3, -0.25) is 14.7 Å². The molecule has 2 aromatic heterocycles. The van der Waals surface area contributed by atoms with Crippen LogP contribution in [0.25, 0.3) is 10.9 Å². The molecule has 0 saturated carbocycles. The zero-order valence-electron chi connectivity index (χ0n) is 11.6. The normalized spacial score (nSPS) is 10.5. The molecule has 2 amide bonds. The Bertz CT molecular complexity index is 792. The van der Waals surface area contributed by atoms with E-state index in [-0.39, 0.29) is 17.6 Å². The van der Waals surface area contributed by atoms with Gasteiger partial charge in [-0.05, 0) is 18.2 Å². The minimum atomic E-state index is -0.315. The third kappa shape index (κ3) is 2.83. The van der Waals surface area contributed by atoms with Gasteiger partial charge in [-0.2, -0.15) is 5.10 Å². The summed E-state index contributed by atoms with van der Waals surface area (Å²) < 4.78 is 4.97. The molecule has 0 radical (unpaired) electrons. The highest BCUT2D eigenvalue weighted by atomic mass is 16.3. The molecule has 0 fully saturated rings. The van der Waals surface area contributed by atoms with Crippen LogP contribution in [0.5, 0.6) is 0 Å². The summed E-state index contributed by atoms with van der Waals surface area (Å²) in [6, 6.07) is 10.6. The lowest BCUT2D eigenvalue weighted by atomic mass is 10.2. The van der Waals surface area contributed by atoms with Crippen molar-refractivity contribution in [1.29, 1.82) is 0 Å². The van der Waals surface area contributed by atoms with Gasteiger partial charge in [-0.15, -0.1) is 0 Å². The van der Waals surface area contributed by atoms with Crippen LogP contribution in [0.3, 0.4) is 0 Å². The van der Waals surface area contributed by atoms with Crippen molar-refractivity contribution >= 4 is 22.7 Å². The molecule has 0 aliphatic carbocycles. The summed E-state index contributed by atoms with van der Waals surface area (Å²) in [5.41, 5.74) is 1.15. The predicted molar refractivity (Wildman–Crippen MR) is 79.5 cm³/mol. The number of aromatic nitrogens is 2. The second-order valence-electron chi connectivity index (χ2n) is 4.61. The van der Waals surface area contributed by atoms with Crippen LogP contribution in [0.2, 0.25) is 0 Å². The monoisotopic (exact) mass is 298 g/mol. The fourth-order valence-electron chi connectivity index (χ4n) is 2.07. The number of aromatic amines is 1. The zero-order chi connectivity index (χ0) is 15.4. The van der Waals surface area contributed by atoms with Crippen molar-refractivity contribution < 1.29 is 14.0 Å². The number of amides is 2. The third-order valence-electron chi connectivity index (χ3n) is 3.13. The maximum Gasteiger partial charge on any atom is 0.287 e. The van der Waals surface area contributed by atoms with Gasteiger partial charge in [0.15, 0.2) is 11.5 Å². The molecule has 0 atom stereocenters. The Labute approximate surface area is 125 Å². The molecule has 0 saturated heterocycles. The average Bonchev–Trinajstić information content (AvgIpc) is 3.20. The van der Waals surface area contributed by atoms with Gasteiger partial charge < -0.3 is 15.1 Å². The number of para-hydroxylation sites is 1. The third-order valence-corrected chi connectivity index (χ3v) is 3.13. The van der Waals surface area contributed by atoms with Crippen LogP contribution in [0.1, 0.15) is 21.0 Å². The molecule has 0 aliphatic rings. The van der Waals surface area contributed by atoms with Crippen molar-refractivity contribution in [2.75, 3.05) is 13.1 Å². The molecule has 1 aromatic carbocycles. The molecule has 0 bridgehead atoms. The Hall–Kier alpha value is -3.09. The highest BCUT2D eigenvalue weighted by Crippen LogP contribution is 2.14. The minimum Gasteiger partial charge on any atom is -0.459 e. The molecule has 0 aliphatic heterocycles. The highest BCUT2D eigenvalue weighted by molar-refractivity contribution is 6.04. The molecule has 0 unspecified atom stereocenters. The number of furan rings is 1. The number of hydrogen-bond donors (Lipinski definition) is 3. The summed E-state index contributed by atoms with van der Waals surface area (Å²) in [4.78, 5) is 23.7. The number of benzene rings is 1. The van der Waals surface area contributed by atoms with Crippen LogP contribution in [0.15, 0.2) is 47.1 Å². The zero-order valence-corrected chi connectivity index (χ0v) is 11.6. The predicted octanol–water partition coefficient (Wildman–Crippen LogP) is 1.32. The van der Waals surface area contributed by atoms with E-state index in [1.165, 1.54) is 6.26 Å². The Morgan fingerprint density at radius 2 is 1.82 bits per heavy atom. The first kappa shape index (κ1) is 13.9. The lowest BCUT2D eigenvalue weighted by Gasteiger charge is -2.05. The standard InChI is InChI=1S/C15H14N4O3/c20-14(12-6-3-9-22-12)16-7-8-17-15(21)13-10-4-1-2-5-11(10)18-19-13/h1-6,9H,7-8H2,(H,16,20)(H,17,21)(H,18,19). The van der Waals surface area contributed by atoms with Crippen molar-refractivity contribution in [3.8, 4) is 0 Å². The first-order valence-electron chi connectivity index (χ1n) is 6.79. The van der Waals surface area contributed by atoms with Gasteiger partial charge in [0.25, 0.3) is 11.8 Å². The second-order valence-corrected chi connectivity index (χ2v) is 4.61. The molecule has 7 nitrogen and oxygen atoms in total. The summed E-state index contributed by atoms with van der Waals surface area (Å²) in [6.07, 6.45) is 1.43. The molecule has 3 aromatic rings. The molecule has 3 rings (SSSR count). The van der Waals surface area contributed by atoms with Gasteiger partial charge in [0.1, 0.15) is 0 Å². The molecule has 22 heavy (non-hydrogen) atoms. The van der Waals surface area contributed by atoms with Crippen molar-refractivity contribution in [3.63, 3.8) is 0 Å². The van der Waals surface area contributed by atoms with Crippen molar-refractivity contribution in [2.45, 2.75) is 0 Å². The molecule has 7 heteroatoms. The maximum atomic E-state index is 12.1. The number of nitrogens with one attached hydrogen (secondary N) is 3. The van der Waals surface area contributed by atoms with Crippen molar-refractivity contribution in [3.05, 3.63) is 54.1 Å². The van der Waals surface area contributed by atoms with Crippen LogP contribution in [0.4, 0.5) is 0 Å². The number of rotatable bonds is 5. The number of hydrogen-bond acceptors (Lipinski definition) is 4. The molecular weight excluding hydrogens is 284 g/mol. The van der Waals surface area contributed by atoms with E-state index in [2.05, 4.69) is 20.8 Å². The average molecular weight is 298 g/mol. The number of carbonyl (C=O) groups excluding carboxylic acids is 2. The lowest BCUT2D eigenvalue weighted by molar-refractivity contribution is 0.0909. The van der Waals surface area contributed by atoms with E-state index < -0.39 is 0 Å². The number of carbonyl (C=O) groups is 2. The van der Waals surface area contributed by atoms with Crippen molar-refractivity contribution in [1.82, 2.24) is 20.8 Å². The van der Waals surface area contributed by atoms with E-state index in [0.717, 1.165) is 10.9 Å². The molecule has 3 N–H and O–H groups in total. The van der Waals surface area contributed by atoms with E-state index in [1.54, 1.807) is 12.1 Å². The first-order valence-corrected chi connectivity index (χ1v) is 6.79. The first-order chi connectivity index (χ1) is 10.8. The van der Waals surface area contributed by atoms with Crippen molar-refractivity contribution in [2.24, 2.45) is 0 Å². The Kier molecular flexibility index (Phi) is 3.86. The van der Waals surface area contributed by atoms with Crippen LogP contribution < -0.4 is 10.6 Å². The molecule has 2 heterocycles. The van der Waals surface area contributed by atoms with Gasteiger partial charge in [0, 0.05) is 18.5 Å². The number of H-pyrrole nitrogens is 1. The van der Waals surface area contributed by atoms with Gasteiger partial charge in [-0.25, -0.2) is 0 Å². The van der Waals surface area contributed by atoms with Crippen LogP contribution in [-0.2, 0) is 0 Å². The summed E-state index contributed by atoms with van der Waals surface area (Å²) in [6.45, 7) is 0.597. The Morgan fingerprint density at radius 3 is 2.59 bits per heavy atom. The van der Waals surface area contributed by atoms with E-state index in [9.17, 15) is 9.59 Å². The smallest absolute Gasteiger partial charge is 0.287 e. The molecule has 0 spiro atoms. The minimum absolute atomic E-state index is 0.240. The molecular formula is C15H14N4O3. The van der Waals surface area contributed by atoms with Crippen LogP contribution in [0, 0.1) is 0 Å². The SMILES string of the molecule is O=C(NCCNC(=O)c1n[nH]c2ccccc12)c1ccco1. The largest absolute Gasteiger partial charge is 0.459 e. The summed E-state index contributed by atoms with van der Waals surface area (Å²) in [5.74, 6) is -0.362. The van der Waals surface area contributed by atoms with Gasteiger partial charge in [0.2, 0.25) is 0 Å². The van der Waals surface area contributed by atoms with Gasteiger partial charge >= 0.3 is 0 Å². The summed E-state index contributed by atoms with van der Waals surface area (Å²) >= 11 is 0. The number of nitrogens with zero attached hydrogens (tertiary/aromatic N) is 1. The Balaban J connectivity index is 1.51. The van der Waals surface area contributed by atoms with E-state index in [4.69, 9.17) is 4.42 Å². The summed E-state index contributed by atoms with van der Waals surface area (Å²) in [5, 5.41) is 12.9. The van der Waals surface area contributed by atoms with E-state index in [0.29, 0.717) is 18.8 Å². The van der Waals surface area contributed by atoms with E-state index in [1.807, 2.05) is 24.3 Å². The van der Waals surface area contributed by atoms with Crippen LogP contribution >= 0.6 is 0 Å². The fourth-order valence-corrected chi connectivity index (χ4v) is 2.07. The quantitative estimate of drug-likeness (QED) is 0.618. The topological polar surface area (TPSA) is 100 Å². The molecule has 112 valence electrons. The maximum absolute atomic E-state index is 12.1. The van der Waals surface area contributed by atoms with Gasteiger partial charge in [0.05, 0.1) is 11.8 Å². The number of fused-ring (bicyclic) bond motifs is 1.